The van der Waals surface area contributed by atoms with Crippen molar-refractivity contribution >= 4 is 70.6 Å². The Kier molecular flexibility index (Phi) is 14.2. The Labute approximate surface area is 404 Å². The van der Waals surface area contributed by atoms with Crippen molar-refractivity contribution in [3.05, 3.63) is 310 Å². The van der Waals surface area contributed by atoms with E-state index in [0.29, 0.717) is 17.1 Å². The number of rotatable bonds is 14. The second-order valence-electron chi connectivity index (χ2n) is 16.1. The van der Waals surface area contributed by atoms with Crippen molar-refractivity contribution < 1.29 is 4.74 Å². The van der Waals surface area contributed by atoms with Crippen LogP contribution in [-0.2, 0) is 4.74 Å². The average molecular weight is 887 g/mol. The van der Waals surface area contributed by atoms with Gasteiger partial charge < -0.3 is 14.5 Å². The molecule has 1 heterocycles. The number of ether oxygens (including phenoxy) is 1. The van der Waals surface area contributed by atoms with Crippen molar-refractivity contribution in [1.29, 1.82) is 5.26 Å². The van der Waals surface area contributed by atoms with E-state index in [1.165, 1.54) is 0 Å². The van der Waals surface area contributed by atoms with Gasteiger partial charge in [-0.05, 0) is 136 Å². The Morgan fingerprint density at radius 3 is 0.870 bits per heavy atom. The van der Waals surface area contributed by atoms with Crippen LogP contribution in [-0.4, -0.2) is 0 Å². The zero-order valence-corrected chi connectivity index (χ0v) is 37.8. The minimum Gasteiger partial charge on any atom is -0.457 e. The number of allylic oxidation sites excluding steroid dienone is 6. The van der Waals surface area contributed by atoms with Gasteiger partial charge in [-0.25, -0.2) is 10.1 Å². The molecule has 8 aromatic rings. The normalized spacial score (nSPS) is 12.3. The number of para-hydroxylation sites is 4. The molecule has 0 bridgehead atoms. The van der Waals surface area contributed by atoms with Crippen LogP contribution in [0.1, 0.15) is 33.4 Å². The van der Waals surface area contributed by atoms with E-state index in [-0.39, 0.29) is 5.70 Å². The average Bonchev–Trinajstić information content (AvgIpc) is 3.41. The summed E-state index contributed by atoms with van der Waals surface area (Å²) in [5.74, 6) is 1.05. The van der Waals surface area contributed by atoms with Crippen LogP contribution in [0.4, 0.5) is 34.1 Å². The first kappa shape index (κ1) is 44.5. The highest BCUT2D eigenvalue weighted by Gasteiger charge is 2.14. The first-order chi connectivity index (χ1) is 34.1. The van der Waals surface area contributed by atoms with Crippen molar-refractivity contribution in [3.8, 4) is 6.07 Å². The first-order valence-corrected chi connectivity index (χ1v) is 22.6. The van der Waals surface area contributed by atoms with E-state index in [9.17, 15) is 5.26 Å². The second-order valence-corrected chi connectivity index (χ2v) is 16.1. The Balaban J connectivity index is 0.823. The smallest absolute Gasteiger partial charge is 0.269 e. The third kappa shape index (κ3) is 11.6. The van der Waals surface area contributed by atoms with E-state index in [1.54, 1.807) is 12.2 Å². The maximum Gasteiger partial charge on any atom is 0.269 e. The molecule has 1 aliphatic heterocycles. The molecule has 5 nitrogen and oxygen atoms in total. The van der Waals surface area contributed by atoms with E-state index in [0.717, 1.165) is 67.5 Å². The number of hydrogen-bond donors (Lipinski definition) is 0. The Hall–Kier alpha value is -9.68. The highest BCUT2D eigenvalue weighted by molar-refractivity contribution is 5.80. The molecule has 0 unspecified atom stereocenters. The molecule has 0 amide bonds. The third-order valence-corrected chi connectivity index (χ3v) is 11.4. The van der Waals surface area contributed by atoms with E-state index in [1.807, 2.05) is 54.6 Å². The number of hydrogen-bond acceptors (Lipinski definition) is 4. The monoisotopic (exact) mass is 886 g/mol. The van der Waals surface area contributed by atoms with Crippen molar-refractivity contribution in [3.63, 3.8) is 0 Å². The highest BCUT2D eigenvalue weighted by Crippen LogP contribution is 2.36. The second kappa shape index (κ2) is 22.0. The van der Waals surface area contributed by atoms with Gasteiger partial charge in [-0.2, -0.15) is 0 Å². The minimum absolute atomic E-state index is 0.00101. The molecule has 0 saturated carbocycles. The van der Waals surface area contributed by atoms with E-state index in [2.05, 4.69) is 233 Å². The molecule has 328 valence electrons. The van der Waals surface area contributed by atoms with Gasteiger partial charge in [0.25, 0.3) is 5.70 Å². The zero-order chi connectivity index (χ0) is 47.0. The topological polar surface area (TPSA) is 43.9 Å². The molecule has 0 fully saturated rings. The quantitative estimate of drug-likeness (QED) is 0.0620. The van der Waals surface area contributed by atoms with Gasteiger partial charge in [0, 0.05) is 34.1 Å². The lowest BCUT2D eigenvalue weighted by Gasteiger charge is -2.25. The van der Waals surface area contributed by atoms with Crippen LogP contribution in [0, 0.1) is 17.9 Å². The fourth-order valence-electron chi connectivity index (χ4n) is 7.85. The molecule has 8 aromatic carbocycles. The number of benzene rings is 8. The lowest BCUT2D eigenvalue weighted by molar-refractivity contribution is 0.332. The molecule has 0 spiro atoms. The van der Waals surface area contributed by atoms with Crippen molar-refractivity contribution in [2.24, 2.45) is 0 Å². The summed E-state index contributed by atoms with van der Waals surface area (Å²) in [6, 6.07) is 77.2. The molecule has 0 saturated heterocycles. The predicted molar refractivity (Wildman–Crippen MR) is 288 cm³/mol. The third-order valence-electron chi connectivity index (χ3n) is 11.4. The van der Waals surface area contributed by atoms with Gasteiger partial charge in [0.1, 0.15) is 11.5 Å². The molecule has 1 aliphatic rings. The van der Waals surface area contributed by atoms with Crippen LogP contribution >= 0.6 is 0 Å². The maximum absolute atomic E-state index is 9.72. The highest BCUT2D eigenvalue weighted by atomic mass is 16.5. The van der Waals surface area contributed by atoms with Crippen LogP contribution in [0.15, 0.2) is 265 Å². The molecular formula is C64H46N4O. The van der Waals surface area contributed by atoms with Gasteiger partial charge in [0.15, 0.2) is 0 Å². The summed E-state index contributed by atoms with van der Waals surface area (Å²) in [6.45, 7) is 7.60. The van der Waals surface area contributed by atoms with E-state index >= 15 is 0 Å². The van der Waals surface area contributed by atoms with E-state index < -0.39 is 0 Å². The molecule has 69 heavy (non-hydrogen) atoms. The Morgan fingerprint density at radius 2 is 0.609 bits per heavy atom. The van der Waals surface area contributed by atoms with Crippen LogP contribution in [0.5, 0.6) is 0 Å². The van der Waals surface area contributed by atoms with Gasteiger partial charge in [-0.15, -0.1) is 0 Å². The fourth-order valence-corrected chi connectivity index (χ4v) is 7.85. The maximum atomic E-state index is 9.72. The fraction of sp³-hybridized carbons (Fsp3) is 0. The van der Waals surface area contributed by atoms with Crippen molar-refractivity contribution in [2.75, 3.05) is 9.80 Å². The molecule has 0 N–H and O–H groups in total. The van der Waals surface area contributed by atoms with Crippen LogP contribution in [0.2, 0.25) is 0 Å². The predicted octanol–water partition coefficient (Wildman–Crippen LogP) is 17.2. The summed E-state index contributed by atoms with van der Waals surface area (Å²) < 4.78 is 6.24. The first-order valence-electron chi connectivity index (χ1n) is 22.6. The Bertz CT molecular complexity index is 3000. The number of nitrogens with zero attached hydrogens (tertiary/aromatic N) is 4. The summed E-state index contributed by atoms with van der Waals surface area (Å²) in [4.78, 5) is 7.96. The van der Waals surface area contributed by atoms with Gasteiger partial charge in [0.05, 0.1) is 12.6 Å². The molecule has 9 rings (SSSR count). The van der Waals surface area contributed by atoms with Crippen LogP contribution in [0.25, 0.3) is 41.3 Å². The summed E-state index contributed by atoms with van der Waals surface area (Å²) >= 11 is 0. The van der Waals surface area contributed by atoms with Crippen molar-refractivity contribution in [2.45, 2.75) is 0 Å². The summed E-state index contributed by atoms with van der Waals surface area (Å²) in [6.07, 6.45) is 19.5. The lowest BCUT2D eigenvalue weighted by Crippen LogP contribution is -2.09. The number of anilines is 6. The van der Waals surface area contributed by atoms with E-state index in [4.69, 9.17) is 11.3 Å². The number of nitriles is 1. The molecule has 0 aliphatic carbocycles. The molecular weight excluding hydrogens is 841 g/mol. The van der Waals surface area contributed by atoms with Gasteiger partial charge >= 0.3 is 0 Å². The summed E-state index contributed by atoms with van der Waals surface area (Å²) in [5, 5.41) is 9.72. The molecule has 5 heteroatoms. The Morgan fingerprint density at radius 1 is 0.362 bits per heavy atom. The molecule has 0 aromatic heterocycles. The van der Waals surface area contributed by atoms with Crippen molar-refractivity contribution in [1.82, 2.24) is 0 Å². The summed E-state index contributed by atoms with van der Waals surface area (Å²) in [7, 11) is 0. The minimum atomic E-state index is 0.00101. The standard InChI is InChI=1S/C64H46N4O/c1-66-64(48-65)55-46-62(44-38-51-28-22-49(23-29-51)26-32-53-34-40-60(41-35-53)67(56-14-6-2-7-15-56)57-16-8-3-9-17-57)69-63(47-55)45-39-52-30-24-50(25-31-52)27-33-54-36-42-61(43-37-54)68(58-18-10-4-11-19-58)59-20-12-5-13-21-59/h2-47H. The lowest BCUT2D eigenvalue weighted by atomic mass is 10.1. The van der Waals surface area contributed by atoms with Gasteiger partial charge in [0.2, 0.25) is 0 Å². The van der Waals surface area contributed by atoms with Gasteiger partial charge in [-0.1, -0.05) is 182 Å². The van der Waals surface area contributed by atoms with Crippen LogP contribution in [0.3, 0.4) is 0 Å². The molecule has 0 atom stereocenters. The molecule has 0 radical (unpaired) electrons. The summed E-state index contributed by atoms with van der Waals surface area (Å²) in [5.41, 5.74) is 13.4. The largest absolute Gasteiger partial charge is 0.457 e. The SMILES string of the molecule is [C-]#[N+]C(C#N)=C1C=C(C=Cc2ccc(C=Cc3ccc(N(c4ccccc4)c4ccccc4)cc3)cc2)OC(C=Cc2ccc(C=Cc3ccc(N(c4ccccc4)c4ccccc4)cc3)cc2)=C1. The van der Waals surface area contributed by atoms with Gasteiger partial charge in [-0.3, -0.25) is 0 Å². The zero-order valence-electron chi connectivity index (χ0n) is 37.8. The van der Waals surface area contributed by atoms with Crippen LogP contribution < -0.4 is 9.80 Å².